The maximum atomic E-state index is 11.0. The molecule has 1 fully saturated rings. The van der Waals surface area contributed by atoms with E-state index >= 15 is 0 Å². The number of hydrogen-bond acceptors (Lipinski definition) is 4. The first kappa shape index (κ1) is 20.5. The molecule has 0 unspecified atom stereocenters. The Morgan fingerprint density at radius 1 is 0.826 bits per heavy atom. The third kappa shape index (κ3) is 7.26. The number of rotatable bonds is 11. The third-order valence-electron chi connectivity index (χ3n) is 5.10. The van der Waals surface area contributed by atoms with Crippen molar-refractivity contribution >= 4 is 13.1 Å². The van der Waals surface area contributed by atoms with Gasteiger partial charge in [-0.3, -0.25) is 4.79 Å². The molecule has 0 aromatic carbocycles. The van der Waals surface area contributed by atoms with Crippen LogP contribution in [0.1, 0.15) is 85.5 Å². The van der Waals surface area contributed by atoms with Crippen molar-refractivity contribution in [3.05, 3.63) is 0 Å². The lowest BCUT2D eigenvalue weighted by atomic mass is 9.82. The highest BCUT2D eigenvalue weighted by Gasteiger charge is 2.50. The molecular formula is C18H35BO4. The molecule has 0 saturated carbocycles. The van der Waals surface area contributed by atoms with Crippen LogP contribution < -0.4 is 0 Å². The summed E-state index contributed by atoms with van der Waals surface area (Å²) in [5.74, 6) is -0.0901. The number of hydrogen-bond donors (Lipinski definition) is 0. The molecule has 134 valence electrons. The number of unbranched alkanes of at least 4 members (excludes halogenated alkanes) is 7. The van der Waals surface area contributed by atoms with Crippen LogP contribution in [0.2, 0.25) is 6.32 Å². The first-order valence-electron chi connectivity index (χ1n) is 9.21. The van der Waals surface area contributed by atoms with Gasteiger partial charge >= 0.3 is 13.1 Å². The SMILES string of the molecule is COC(=O)CCCCCCCCCCB1OC(C)(C)C(C)(C)O1. The second-order valence-electron chi connectivity index (χ2n) is 7.63. The Hall–Kier alpha value is -0.545. The first-order chi connectivity index (χ1) is 10.8. The van der Waals surface area contributed by atoms with E-state index in [2.05, 4.69) is 32.4 Å². The number of carbonyl (C=O) groups excluding carboxylic acids is 1. The fourth-order valence-electron chi connectivity index (χ4n) is 2.83. The van der Waals surface area contributed by atoms with Crippen molar-refractivity contribution in [3.8, 4) is 0 Å². The van der Waals surface area contributed by atoms with E-state index in [1.54, 1.807) is 0 Å². The van der Waals surface area contributed by atoms with Crippen LogP contribution in [-0.4, -0.2) is 31.4 Å². The summed E-state index contributed by atoms with van der Waals surface area (Å²) >= 11 is 0. The van der Waals surface area contributed by atoms with E-state index in [1.807, 2.05) is 0 Å². The van der Waals surface area contributed by atoms with Gasteiger partial charge in [0.05, 0.1) is 18.3 Å². The highest BCUT2D eigenvalue weighted by Crippen LogP contribution is 2.38. The Balaban J connectivity index is 1.92. The highest BCUT2D eigenvalue weighted by atomic mass is 16.7. The molecule has 0 aromatic rings. The fourth-order valence-corrected chi connectivity index (χ4v) is 2.83. The summed E-state index contributed by atoms with van der Waals surface area (Å²) in [5, 5.41) is 0. The van der Waals surface area contributed by atoms with Crippen molar-refractivity contribution in [3.63, 3.8) is 0 Å². The molecule has 4 nitrogen and oxygen atoms in total. The maximum Gasteiger partial charge on any atom is 0.457 e. The minimum Gasteiger partial charge on any atom is -0.469 e. The largest absolute Gasteiger partial charge is 0.469 e. The summed E-state index contributed by atoms with van der Waals surface area (Å²) in [6.07, 6.45) is 11.1. The van der Waals surface area contributed by atoms with Crippen molar-refractivity contribution in [2.45, 2.75) is 103 Å². The number of methoxy groups -OCH3 is 1. The van der Waals surface area contributed by atoms with E-state index in [4.69, 9.17) is 9.31 Å². The summed E-state index contributed by atoms with van der Waals surface area (Å²) in [6, 6.07) is 0. The molecule has 0 atom stereocenters. The standard InChI is InChI=1S/C18H35BO4/c1-17(2)18(3,4)23-19(22-17)15-13-11-9-7-6-8-10-12-14-16(20)21-5/h6-15H2,1-5H3. The van der Waals surface area contributed by atoms with Gasteiger partial charge in [-0.15, -0.1) is 0 Å². The van der Waals surface area contributed by atoms with Crippen LogP contribution in [0.5, 0.6) is 0 Å². The van der Waals surface area contributed by atoms with Gasteiger partial charge in [0.1, 0.15) is 0 Å². The minimum absolute atomic E-state index is 0.0432. The summed E-state index contributed by atoms with van der Waals surface area (Å²) in [6.45, 7) is 8.42. The average Bonchev–Trinajstić information content (AvgIpc) is 2.68. The Morgan fingerprint density at radius 3 is 1.74 bits per heavy atom. The molecule has 1 heterocycles. The van der Waals surface area contributed by atoms with Crippen molar-refractivity contribution in [1.29, 1.82) is 0 Å². The van der Waals surface area contributed by atoms with Crippen LogP contribution in [0.25, 0.3) is 0 Å². The average molecular weight is 326 g/mol. The monoisotopic (exact) mass is 326 g/mol. The van der Waals surface area contributed by atoms with E-state index in [-0.39, 0.29) is 24.3 Å². The lowest BCUT2D eigenvalue weighted by Crippen LogP contribution is -2.41. The van der Waals surface area contributed by atoms with Gasteiger partial charge in [-0.05, 0) is 40.4 Å². The molecule has 5 heteroatoms. The van der Waals surface area contributed by atoms with E-state index in [0.717, 1.165) is 19.2 Å². The van der Waals surface area contributed by atoms with Crippen LogP contribution in [0.15, 0.2) is 0 Å². The Kier molecular flexibility index (Phi) is 8.63. The lowest BCUT2D eigenvalue weighted by molar-refractivity contribution is -0.140. The van der Waals surface area contributed by atoms with Gasteiger partial charge in [0, 0.05) is 6.42 Å². The minimum atomic E-state index is -0.206. The molecule has 1 rings (SSSR count). The second kappa shape index (κ2) is 9.68. The summed E-state index contributed by atoms with van der Waals surface area (Å²) in [4.78, 5) is 11.0. The van der Waals surface area contributed by atoms with Crippen LogP contribution in [0, 0.1) is 0 Å². The normalized spacial score (nSPS) is 19.1. The Labute approximate surface area is 142 Å². The predicted octanol–water partition coefficient (Wildman–Crippen LogP) is 4.76. The molecular weight excluding hydrogens is 291 g/mol. The molecule has 0 radical (unpaired) electrons. The van der Waals surface area contributed by atoms with Crippen LogP contribution >= 0.6 is 0 Å². The molecule has 0 N–H and O–H groups in total. The van der Waals surface area contributed by atoms with E-state index in [0.29, 0.717) is 6.42 Å². The number of carbonyl (C=O) groups is 1. The van der Waals surface area contributed by atoms with Gasteiger partial charge in [-0.2, -0.15) is 0 Å². The zero-order valence-electron chi connectivity index (χ0n) is 15.8. The molecule has 0 spiro atoms. The third-order valence-corrected chi connectivity index (χ3v) is 5.10. The van der Waals surface area contributed by atoms with Crippen LogP contribution in [0.3, 0.4) is 0 Å². The zero-order chi connectivity index (χ0) is 17.3. The van der Waals surface area contributed by atoms with Crippen LogP contribution in [0.4, 0.5) is 0 Å². The van der Waals surface area contributed by atoms with Crippen molar-refractivity contribution in [1.82, 2.24) is 0 Å². The summed E-state index contributed by atoms with van der Waals surface area (Å²) in [7, 11) is 1.41. The molecule has 1 aliphatic rings. The fraction of sp³-hybridized carbons (Fsp3) is 0.944. The van der Waals surface area contributed by atoms with E-state index in [1.165, 1.54) is 45.6 Å². The number of ether oxygens (including phenoxy) is 1. The summed E-state index contributed by atoms with van der Waals surface area (Å²) < 4.78 is 16.6. The van der Waals surface area contributed by atoms with Gasteiger partial charge in [-0.25, -0.2) is 0 Å². The molecule has 1 saturated heterocycles. The molecule has 23 heavy (non-hydrogen) atoms. The van der Waals surface area contributed by atoms with Crippen molar-refractivity contribution in [2.75, 3.05) is 7.11 Å². The quantitative estimate of drug-likeness (QED) is 0.312. The smallest absolute Gasteiger partial charge is 0.457 e. The second-order valence-corrected chi connectivity index (χ2v) is 7.63. The van der Waals surface area contributed by atoms with Crippen LogP contribution in [-0.2, 0) is 18.8 Å². The van der Waals surface area contributed by atoms with Gasteiger partial charge in [0.2, 0.25) is 0 Å². The summed E-state index contributed by atoms with van der Waals surface area (Å²) in [5.41, 5.74) is -0.413. The number of esters is 1. The molecule has 0 bridgehead atoms. The van der Waals surface area contributed by atoms with E-state index in [9.17, 15) is 4.79 Å². The Morgan fingerprint density at radius 2 is 1.26 bits per heavy atom. The topological polar surface area (TPSA) is 44.8 Å². The maximum absolute atomic E-state index is 11.0. The van der Waals surface area contributed by atoms with Gasteiger partial charge in [-0.1, -0.05) is 44.9 Å². The van der Waals surface area contributed by atoms with Gasteiger partial charge < -0.3 is 14.0 Å². The van der Waals surface area contributed by atoms with Crippen molar-refractivity contribution in [2.24, 2.45) is 0 Å². The van der Waals surface area contributed by atoms with Gasteiger partial charge in [0.15, 0.2) is 0 Å². The lowest BCUT2D eigenvalue weighted by Gasteiger charge is -2.32. The zero-order valence-corrected chi connectivity index (χ0v) is 15.8. The predicted molar refractivity (Wildman–Crippen MR) is 94.5 cm³/mol. The van der Waals surface area contributed by atoms with Crippen molar-refractivity contribution < 1.29 is 18.8 Å². The molecule has 1 aliphatic heterocycles. The molecule has 0 aliphatic carbocycles. The molecule has 0 amide bonds. The highest BCUT2D eigenvalue weighted by molar-refractivity contribution is 6.45. The molecule has 0 aromatic heterocycles. The van der Waals surface area contributed by atoms with Gasteiger partial charge in [0.25, 0.3) is 0 Å². The Bertz CT molecular complexity index is 339. The van der Waals surface area contributed by atoms with E-state index < -0.39 is 0 Å². The first-order valence-corrected chi connectivity index (χ1v) is 9.21.